The molecule has 0 radical (unpaired) electrons. The molecule has 7 rings (SSSR count). The molecule has 2 fully saturated rings. The van der Waals surface area contributed by atoms with Crippen LogP contribution in [0.2, 0.25) is 0 Å². The zero-order valence-corrected chi connectivity index (χ0v) is 59.3. The summed E-state index contributed by atoms with van der Waals surface area (Å²) in [7, 11) is -1.23. The number of rotatable bonds is 23. The zero-order chi connectivity index (χ0) is 71.1. The number of thioether (sulfide) groups is 1. The Labute approximate surface area is 570 Å². The molecule has 25 heteroatoms. The molecule has 2 aliphatic rings. The first kappa shape index (κ1) is 79.0. The van der Waals surface area contributed by atoms with Crippen LogP contribution in [-0.4, -0.2) is 173 Å². The van der Waals surface area contributed by atoms with E-state index < -0.39 is 81.3 Å². The number of methoxy groups -OCH3 is 2. The molecule has 526 valence electrons. The minimum atomic E-state index is -3.67. The van der Waals surface area contributed by atoms with E-state index in [-0.39, 0.29) is 48.7 Å². The first-order valence-corrected chi connectivity index (χ1v) is 35.1. The molecular formula is C71H101N9O14S2. The van der Waals surface area contributed by atoms with E-state index in [1.54, 1.807) is 68.9 Å². The third-order valence-electron chi connectivity index (χ3n) is 16.4. The Hall–Kier alpha value is -7.65. The number of piperidine rings is 1. The van der Waals surface area contributed by atoms with Gasteiger partial charge < -0.3 is 51.4 Å². The van der Waals surface area contributed by atoms with Crippen molar-refractivity contribution in [2.75, 3.05) is 45.9 Å². The van der Waals surface area contributed by atoms with Gasteiger partial charge in [0, 0.05) is 65.3 Å². The predicted octanol–water partition coefficient (Wildman–Crippen LogP) is 8.46. The van der Waals surface area contributed by atoms with Crippen LogP contribution >= 0.6 is 11.8 Å². The maximum absolute atomic E-state index is 13.8. The molecule has 1 aromatic heterocycles. The van der Waals surface area contributed by atoms with Crippen molar-refractivity contribution in [3.8, 4) is 17.0 Å². The molecule has 4 aromatic carbocycles. The molecule has 1 aliphatic heterocycles. The van der Waals surface area contributed by atoms with Crippen LogP contribution in [0.5, 0.6) is 5.75 Å². The Morgan fingerprint density at radius 1 is 0.688 bits per heavy atom. The largest absolute Gasteiger partial charge is 0.508 e. The Bertz CT molecular complexity index is 3400. The Morgan fingerprint density at radius 3 is 1.80 bits per heavy atom. The number of aromatic nitrogens is 1. The van der Waals surface area contributed by atoms with Crippen LogP contribution in [-0.2, 0) is 46.9 Å². The highest BCUT2D eigenvalue weighted by molar-refractivity contribution is 7.99. The van der Waals surface area contributed by atoms with Crippen LogP contribution in [0.1, 0.15) is 121 Å². The van der Waals surface area contributed by atoms with Gasteiger partial charge in [0.1, 0.15) is 17.8 Å². The van der Waals surface area contributed by atoms with Gasteiger partial charge in [-0.2, -0.15) is 8.42 Å². The van der Waals surface area contributed by atoms with Gasteiger partial charge in [0.25, 0.3) is 21.9 Å². The molecule has 6 amide bonds. The van der Waals surface area contributed by atoms with Crippen molar-refractivity contribution >= 4 is 57.7 Å². The summed E-state index contributed by atoms with van der Waals surface area (Å²) < 4.78 is 35.4. The standard InChI is InChI=1S/C38H52N6O7.C32H45N3O4S.CH4O3S/c1-37(2,3)31(41-35(48)50-7)33(46)40-29(22-25-14-10-9-11-15-25)30(45)24-44(43-34(47)32(38(4,5)6)42-36(49)51-8)23-26-17-19-27(20-18-26)28-16-12-13-21-39-28;1-21-25(15-10-16-28(21)36)30(38)33-26(20-40-24-13-6-5-7-14-24)29(37)19-35-18-23-12-9-8-11-22(23)17-27(35)31(39)34-32(2,3)4;1-5(2,3)4/h9-21,29-32,45H,22-24H2,1-8H3,(H,40,46)(H,41,48)(H,42,49)(H,43,47);5-7,10,13-16,22-23,26-27,29,36-37H,8-9,11-12,17-20H2,1-4H3,(H,33,38)(H,34,39);1H3,(H,2,3,4)/t29-,30-,31+,32+;22-,23+,26-,27-,29+;/m00./s1. The van der Waals surface area contributed by atoms with Gasteiger partial charge in [0.15, 0.2) is 0 Å². The summed E-state index contributed by atoms with van der Waals surface area (Å²) in [6.45, 7) is 19.7. The SMILES string of the molecule is COC(=O)N[C@H](C(=O)N[C@@H](Cc1ccccc1)[C@@H](O)CN(Cc1ccc(-c2ccccn2)cc1)NC(=O)[C@@H](NC(=O)OC)C(C)(C)C)C(C)(C)C.CS(=O)(=O)O.Cc1c(O)cccc1C(=O)N[C@@H](CSc1ccccc1)[C@H](O)CN1C[C@H]2CCCC[C@H]2C[C@H]1C(=O)NC(C)(C)C. The van der Waals surface area contributed by atoms with E-state index in [9.17, 15) is 52.5 Å². The number of pyridine rings is 1. The number of hydrogen-bond acceptors (Lipinski definition) is 17. The average Bonchev–Trinajstić information content (AvgIpc) is 0.829. The number of hydrogen-bond donors (Lipinski definition) is 10. The molecule has 0 bridgehead atoms. The molecular weight excluding hydrogens is 1270 g/mol. The lowest BCUT2D eigenvalue weighted by Gasteiger charge is -2.47. The van der Waals surface area contributed by atoms with Gasteiger partial charge in [0.2, 0.25) is 11.8 Å². The fraction of sp³-hybridized carbons (Fsp3) is 0.507. The number of likely N-dealkylation sites (tertiary alicyclic amines) is 1. The van der Waals surface area contributed by atoms with Crippen molar-refractivity contribution in [2.45, 2.75) is 167 Å². The lowest BCUT2D eigenvalue weighted by molar-refractivity contribution is -0.133. The zero-order valence-electron chi connectivity index (χ0n) is 57.6. The normalized spacial score (nSPS) is 17.7. The number of phenolic OH excluding ortho intramolecular Hbond substituents is 1. The van der Waals surface area contributed by atoms with Gasteiger partial charge >= 0.3 is 12.2 Å². The van der Waals surface area contributed by atoms with Crippen LogP contribution in [0.4, 0.5) is 9.59 Å². The van der Waals surface area contributed by atoms with Gasteiger partial charge in [-0.15, -0.1) is 11.8 Å². The summed E-state index contributed by atoms with van der Waals surface area (Å²) in [5.74, 6) is 0.238. The van der Waals surface area contributed by atoms with Crippen LogP contribution in [0, 0.1) is 29.6 Å². The minimum absolute atomic E-state index is 0.0124. The number of nitrogens with one attached hydrogen (secondary N) is 6. The molecule has 10 N–H and O–H groups in total. The van der Waals surface area contributed by atoms with E-state index >= 15 is 0 Å². The number of fused-ring (bicyclic) bond motifs is 1. The van der Waals surface area contributed by atoms with Crippen molar-refractivity contribution in [3.05, 3.63) is 150 Å². The summed E-state index contributed by atoms with van der Waals surface area (Å²) in [5, 5.41) is 49.6. The third-order valence-corrected chi connectivity index (χ3v) is 17.6. The predicted molar refractivity (Wildman–Crippen MR) is 372 cm³/mol. The van der Waals surface area contributed by atoms with Gasteiger partial charge in [-0.05, 0) is 117 Å². The molecule has 1 saturated carbocycles. The topological polar surface area (TPSA) is 327 Å². The maximum Gasteiger partial charge on any atom is 0.407 e. The fourth-order valence-electron chi connectivity index (χ4n) is 11.4. The number of phenols is 1. The van der Waals surface area contributed by atoms with E-state index in [1.807, 2.05) is 145 Å². The van der Waals surface area contributed by atoms with Gasteiger partial charge in [0.05, 0.1) is 56.5 Å². The molecule has 96 heavy (non-hydrogen) atoms. The number of β-amino-alcohol motifs (C(OH)–C–C–N with tert-alkyl or cyclic N) is 1. The summed E-state index contributed by atoms with van der Waals surface area (Å²) >= 11 is 1.57. The Kier molecular flexibility index (Phi) is 30.2. The molecule has 9 atom stereocenters. The van der Waals surface area contributed by atoms with Crippen LogP contribution in [0.3, 0.4) is 0 Å². The van der Waals surface area contributed by atoms with E-state index in [2.05, 4.69) is 41.9 Å². The van der Waals surface area contributed by atoms with Crippen LogP contribution in [0.25, 0.3) is 11.3 Å². The number of benzene rings is 4. The number of aromatic hydroxyl groups is 1. The van der Waals surface area contributed by atoms with E-state index in [4.69, 9.17) is 14.0 Å². The molecule has 5 aromatic rings. The van der Waals surface area contributed by atoms with Crippen LogP contribution in [0.15, 0.2) is 132 Å². The van der Waals surface area contributed by atoms with Gasteiger partial charge in [-0.1, -0.05) is 146 Å². The Balaban J connectivity index is 0.000000332. The fourth-order valence-corrected chi connectivity index (χ4v) is 12.5. The lowest BCUT2D eigenvalue weighted by atomic mass is 9.72. The summed E-state index contributed by atoms with van der Waals surface area (Å²) in [6, 6.07) is 33.8. The molecule has 0 unspecified atom stereocenters. The van der Waals surface area contributed by atoms with Crippen molar-refractivity contribution in [1.29, 1.82) is 0 Å². The number of aliphatic hydroxyl groups is 2. The number of hydrazine groups is 1. The number of carbonyl (C=O) groups is 6. The second kappa shape index (κ2) is 36.6. The number of aliphatic hydroxyl groups excluding tert-OH is 2. The maximum atomic E-state index is 13.8. The highest BCUT2D eigenvalue weighted by Gasteiger charge is 2.43. The van der Waals surface area contributed by atoms with Gasteiger partial charge in [-0.3, -0.25) is 39.0 Å². The molecule has 23 nitrogen and oxygen atoms in total. The molecule has 1 aliphatic carbocycles. The molecule has 1 saturated heterocycles. The first-order chi connectivity index (χ1) is 45.0. The van der Waals surface area contributed by atoms with Crippen molar-refractivity contribution < 1.29 is 66.5 Å². The lowest BCUT2D eigenvalue weighted by Crippen LogP contribution is -2.60. The van der Waals surface area contributed by atoms with Crippen molar-refractivity contribution in [2.24, 2.45) is 22.7 Å². The minimum Gasteiger partial charge on any atom is -0.508 e. The van der Waals surface area contributed by atoms with E-state index in [0.717, 1.165) is 53.1 Å². The molecule has 0 spiro atoms. The summed E-state index contributed by atoms with van der Waals surface area (Å²) in [5.41, 5.74) is 5.42. The van der Waals surface area contributed by atoms with Crippen molar-refractivity contribution in [1.82, 2.24) is 46.9 Å². The summed E-state index contributed by atoms with van der Waals surface area (Å²) in [6.07, 6.45) is 4.61. The van der Waals surface area contributed by atoms with E-state index in [1.165, 1.54) is 27.1 Å². The van der Waals surface area contributed by atoms with Crippen molar-refractivity contribution in [3.63, 3.8) is 0 Å². The van der Waals surface area contributed by atoms with E-state index in [0.29, 0.717) is 41.5 Å². The summed E-state index contributed by atoms with van der Waals surface area (Å²) in [4.78, 5) is 86.3. The van der Waals surface area contributed by atoms with Gasteiger partial charge in [-0.25, -0.2) is 14.6 Å². The quantitative estimate of drug-likeness (QED) is 0.0166. The third kappa shape index (κ3) is 26.7. The number of amides is 6. The number of alkyl carbamates (subject to hydrolysis) is 2. The molecule has 2 heterocycles. The second-order valence-electron chi connectivity index (χ2n) is 27.7. The highest BCUT2D eigenvalue weighted by atomic mass is 32.2. The second-order valence-corrected chi connectivity index (χ2v) is 30.3. The monoisotopic (exact) mass is 1370 g/mol. The number of ether oxygens (including phenoxy) is 2. The van der Waals surface area contributed by atoms with Crippen LogP contribution < -0.4 is 32.0 Å². The number of carbonyl (C=O) groups excluding carboxylic acids is 6. The average molecular weight is 1370 g/mol. The highest BCUT2D eigenvalue weighted by Crippen LogP contribution is 2.39. The number of nitrogens with zero attached hydrogens (tertiary/aromatic N) is 3. The smallest absolute Gasteiger partial charge is 0.407 e. The first-order valence-electron chi connectivity index (χ1n) is 32.2. The Morgan fingerprint density at radius 2 is 1.25 bits per heavy atom.